The highest BCUT2D eigenvalue weighted by molar-refractivity contribution is 7.99. The molecule has 0 saturated carbocycles. The topological polar surface area (TPSA) is 73.2 Å². The van der Waals surface area contributed by atoms with Crippen LogP contribution in [0.5, 0.6) is 5.75 Å². The molecule has 0 bridgehead atoms. The van der Waals surface area contributed by atoms with Gasteiger partial charge in [0.25, 0.3) is 5.56 Å². The molecule has 0 aliphatic carbocycles. The van der Waals surface area contributed by atoms with E-state index in [1.165, 1.54) is 11.8 Å². The van der Waals surface area contributed by atoms with Crippen molar-refractivity contribution in [2.75, 3.05) is 18.2 Å². The Balaban J connectivity index is 1.84. The van der Waals surface area contributed by atoms with Gasteiger partial charge in [0.15, 0.2) is 5.16 Å². The summed E-state index contributed by atoms with van der Waals surface area (Å²) in [4.78, 5) is 30.5. The summed E-state index contributed by atoms with van der Waals surface area (Å²) >= 11 is 1.27. The van der Waals surface area contributed by atoms with Crippen LogP contribution in [0.3, 0.4) is 0 Å². The molecule has 0 unspecified atom stereocenters. The second-order valence-corrected chi connectivity index (χ2v) is 10.2. The van der Waals surface area contributed by atoms with Crippen molar-refractivity contribution in [1.82, 2.24) is 9.55 Å². The molecule has 2 aromatic carbocycles. The van der Waals surface area contributed by atoms with Crippen LogP contribution in [0, 0.1) is 5.92 Å². The van der Waals surface area contributed by atoms with E-state index in [1.54, 1.807) is 17.7 Å². The highest BCUT2D eigenvalue weighted by atomic mass is 32.2. The number of hydrogen-bond donors (Lipinski definition) is 1. The number of rotatable bonds is 7. The molecule has 0 aliphatic heterocycles. The van der Waals surface area contributed by atoms with E-state index in [0.717, 1.165) is 5.56 Å². The summed E-state index contributed by atoms with van der Waals surface area (Å²) in [6.45, 7) is 11.0. The van der Waals surface area contributed by atoms with E-state index in [1.807, 2.05) is 36.4 Å². The molecule has 3 aromatic rings. The number of fused-ring (bicyclic) bond motifs is 1. The predicted octanol–water partition coefficient (Wildman–Crippen LogP) is 5.09. The molecule has 6 nitrogen and oxygen atoms in total. The Morgan fingerprint density at radius 2 is 1.91 bits per heavy atom. The summed E-state index contributed by atoms with van der Waals surface area (Å²) in [5, 5.41) is 4.09. The van der Waals surface area contributed by atoms with E-state index in [9.17, 15) is 9.59 Å². The number of thioether (sulfide) groups is 1. The van der Waals surface area contributed by atoms with Crippen molar-refractivity contribution in [1.29, 1.82) is 0 Å². The molecule has 0 saturated heterocycles. The number of ether oxygens (including phenoxy) is 1. The third-order valence-electron chi connectivity index (χ3n) is 5.05. The van der Waals surface area contributed by atoms with Crippen LogP contribution in [-0.2, 0) is 16.8 Å². The summed E-state index contributed by atoms with van der Waals surface area (Å²) in [5.74, 6) is 0.828. The number of nitrogens with zero attached hydrogens (tertiary/aromatic N) is 2. The lowest BCUT2D eigenvalue weighted by molar-refractivity contribution is -0.113. The number of methoxy groups -OCH3 is 1. The largest absolute Gasteiger partial charge is 0.495 e. The minimum atomic E-state index is -0.183. The predicted molar refractivity (Wildman–Crippen MR) is 132 cm³/mol. The molecule has 1 aromatic heterocycles. The minimum Gasteiger partial charge on any atom is -0.495 e. The van der Waals surface area contributed by atoms with Crippen molar-refractivity contribution in [3.05, 3.63) is 58.4 Å². The monoisotopic (exact) mass is 453 g/mol. The molecule has 1 amide bonds. The zero-order chi connectivity index (χ0) is 23.5. The maximum absolute atomic E-state index is 13.0. The van der Waals surface area contributed by atoms with Gasteiger partial charge in [0, 0.05) is 6.54 Å². The van der Waals surface area contributed by atoms with Crippen LogP contribution >= 0.6 is 11.8 Å². The molecule has 0 spiro atoms. The van der Waals surface area contributed by atoms with Gasteiger partial charge in [0.05, 0.1) is 29.5 Å². The molecule has 0 atom stereocenters. The first kappa shape index (κ1) is 23.9. The normalized spacial score (nSPS) is 11.7. The first-order valence-electron chi connectivity index (χ1n) is 10.7. The number of nitrogens with one attached hydrogen (secondary N) is 1. The molecule has 0 aliphatic rings. The Morgan fingerprint density at radius 3 is 2.56 bits per heavy atom. The van der Waals surface area contributed by atoms with Crippen LogP contribution in [0.25, 0.3) is 10.9 Å². The van der Waals surface area contributed by atoms with Gasteiger partial charge in [-0.2, -0.15) is 0 Å². The van der Waals surface area contributed by atoms with Crippen LogP contribution in [0.15, 0.2) is 52.4 Å². The minimum absolute atomic E-state index is 0.0531. The molecule has 1 heterocycles. The Hall–Kier alpha value is -2.80. The lowest BCUT2D eigenvalue weighted by Crippen LogP contribution is -2.26. The van der Waals surface area contributed by atoms with E-state index in [-0.39, 0.29) is 28.6 Å². The van der Waals surface area contributed by atoms with E-state index in [4.69, 9.17) is 4.74 Å². The van der Waals surface area contributed by atoms with Gasteiger partial charge in [-0.25, -0.2) is 4.98 Å². The van der Waals surface area contributed by atoms with Crippen molar-refractivity contribution >= 4 is 34.3 Å². The summed E-state index contributed by atoms with van der Waals surface area (Å²) < 4.78 is 7.10. The number of carbonyl (C=O) groups is 1. The summed E-state index contributed by atoms with van der Waals surface area (Å²) in [6.07, 6.45) is 0. The number of carbonyl (C=O) groups excluding carboxylic acids is 1. The Morgan fingerprint density at radius 1 is 1.19 bits per heavy atom. The van der Waals surface area contributed by atoms with Crippen molar-refractivity contribution in [2.24, 2.45) is 5.92 Å². The highest BCUT2D eigenvalue weighted by Gasteiger charge is 2.18. The van der Waals surface area contributed by atoms with Gasteiger partial charge in [-0.3, -0.25) is 14.2 Å². The molecule has 3 rings (SSSR count). The van der Waals surface area contributed by atoms with E-state index in [0.29, 0.717) is 34.0 Å². The summed E-state index contributed by atoms with van der Waals surface area (Å²) in [5.41, 5.74) is 2.24. The number of anilines is 1. The fraction of sp³-hybridized carbons (Fsp3) is 0.400. The zero-order valence-electron chi connectivity index (χ0n) is 19.6. The standard InChI is InChI=1S/C25H31N3O3S/c1-16(2)14-28-23(30)18-9-7-8-10-19(18)27-24(28)32-15-22(29)26-20-13-17(25(3,4)5)11-12-21(20)31-6/h7-13,16H,14-15H2,1-6H3,(H,26,29). The van der Waals surface area contributed by atoms with Gasteiger partial charge in [-0.05, 0) is 41.2 Å². The van der Waals surface area contributed by atoms with Crippen LogP contribution in [0.4, 0.5) is 5.69 Å². The first-order chi connectivity index (χ1) is 15.1. The fourth-order valence-corrected chi connectivity index (χ4v) is 4.18. The van der Waals surface area contributed by atoms with Crippen molar-refractivity contribution < 1.29 is 9.53 Å². The lowest BCUT2D eigenvalue weighted by Gasteiger charge is -2.21. The molecule has 0 radical (unpaired) electrons. The fourth-order valence-electron chi connectivity index (χ4n) is 3.37. The second kappa shape index (κ2) is 9.77. The average molecular weight is 454 g/mol. The molecular weight excluding hydrogens is 422 g/mol. The zero-order valence-corrected chi connectivity index (χ0v) is 20.4. The third kappa shape index (κ3) is 5.51. The second-order valence-electron chi connectivity index (χ2n) is 9.22. The quantitative estimate of drug-likeness (QED) is 0.398. The van der Waals surface area contributed by atoms with Crippen molar-refractivity contribution in [3.63, 3.8) is 0 Å². The van der Waals surface area contributed by atoms with Crippen molar-refractivity contribution in [2.45, 2.75) is 51.7 Å². The summed E-state index contributed by atoms with van der Waals surface area (Å²) in [6, 6.07) is 13.1. The van der Waals surface area contributed by atoms with E-state index < -0.39 is 0 Å². The van der Waals surface area contributed by atoms with Crippen LogP contribution < -0.4 is 15.6 Å². The Kier molecular flexibility index (Phi) is 7.29. The van der Waals surface area contributed by atoms with Crippen LogP contribution in [0.1, 0.15) is 40.2 Å². The van der Waals surface area contributed by atoms with Gasteiger partial charge in [-0.1, -0.05) is 64.6 Å². The highest BCUT2D eigenvalue weighted by Crippen LogP contribution is 2.31. The van der Waals surface area contributed by atoms with Gasteiger partial charge in [0.1, 0.15) is 5.75 Å². The average Bonchev–Trinajstić information content (AvgIpc) is 2.73. The number of hydrogen-bond acceptors (Lipinski definition) is 5. The number of benzene rings is 2. The molecular formula is C25H31N3O3S. The van der Waals surface area contributed by atoms with Gasteiger partial charge < -0.3 is 10.1 Å². The van der Waals surface area contributed by atoms with Gasteiger partial charge in [0.2, 0.25) is 5.91 Å². The van der Waals surface area contributed by atoms with Crippen LogP contribution in [-0.4, -0.2) is 28.3 Å². The number of amides is 1. The number of para-hydroxylation sites is 1. The Bertz CT molecular complexity index is 1180. The van der Waals surface area contributed by atoms with Gasteiger partial charge >= 0.3 is 0 Å². The van der Waals surface area contributed by atoms with Gasteiger partial charge in [-0.15, -0.1) is 0 Å². The third-order valence-corrected chi connectivity index (χ3v) is 6.02. The molecule has 170 valence electrons. The van der Waals surface area contributed by atoms with Crippen LogP contribution in [0.2, 0.25) is 0 Å². The SMILES string of the molecule is COc1ccc(C(C)(C)C)cc1NC(=O)CSc1nc2ccccc2c(=O)n1CC(C)C. The van der Waals surface area contributed by atoms with E-state index >= 15 is 0 Å². The lowest BCUT2D eigenvalue weighted by atomic mass is 9.87. The molecule has 7 heteroatoms. The molecule has 0 fully saturated rings. The number of aromatic nitrogens is 2. The molecule has 1 N–H and O–H groups in total. The smallest absolute Gasteiger partial charge is 0.262 e. The summed E-state index contributed by atoms with van der Waals surface area (Å²) in [7, 11) is 1.58. The van der Waals surface area contributed by atoms with Crippen molar-refractivity contribution in [3.8, 4) is 5.75 Å². The van der Waals surface area contributed by atoms with E-state index in [2.05, 4.69) is 44.9 Å². The molecule has 32 heavy (non-hydrogen) atoms. The first-order valence-corrected chi connectivity index (χ1v) is 11.7. The Labute approximate surface area is 193 Å². The maximum Gasteiger partial charge on any atom is 0.262 e. The maximum atomic E-state index is 13.0.